The topological polar surface area (TPSA) is 200 Å². The highest BCUT2D eigenvalue weighted by molar-refractivity contribution is 5.99. The highest BCUT2D eigenvalue weighted by Gasteiger charge is 2.25. The molecule has 0 saturated heterocycles. The third-order valence-electron chi connectivity index (χ3n) is 4.24. The summed E-state index contributed by atoms with van der Waals surface area (Å²) in [5, 5.41) is 39.4. The second kappa shape index (κ2) is 8.31. The first-order valence-corrected chi connectivity index (χ1v) is 8.86. The summed E-state index contributed by atoms with van der Waals surface area (Å²) in [5.74, 6) is -0.895. The van der Waals surface area contributed by atoms with Gasteiger partial charge in [0.15, 0.2) is 5.69 Å². The number of amides is 1. The summed E-state index contributed by atoms with van der Waals surface area (Å²) in [6.45, 7) is 0. The van der Waals surface area contributed by atoms with Gasteiger partial charge in [-0.25, -0.2) is 10.1 Å². The number of nitro benzene ring substituents is 1. The molecule has 32 heavy (non-hydrogen) atoms. The van der Waals surface area contributed by atoms with Gasteiger partial charge in [0, 0.05) is 23.3 Å². The van der Waals surface area contributed by atoms with E-state index < -0.39 is 10.8 Å². The third-order valence-corrected chi connectivity index (χ3v) is 4.24. The lowest BCUT2D eigenvalue weighted by atomic mass is 10.1. The first-order valence-electron chi connectivity index (χ1n) is 8.86. The molecule has 0 saturated carbocycles. The maximum Gasteiger partial charge on any atom is 0.294 e. The van der Waals surface area contributed by atoms with E-state index in [0.717, 1.165) is 4.68 Å². The first kappa shape index (κ1) is 20.1. The molecule has 160 valence electrons. The van der Waals surface area contributed by atoms with Gasteiger partial charge in [0.25, 0.3) is 11.6 Å². The molecule has 0 spiro atoms. The Bertz CT molecular complexity index is 1330. The number of aromatic hydroxyl groups is 1. The number of nitro groups is 1. The number of nitrogen functional groups attached to an aromatic ring is 1. The Morgan fingerprint density at radius 1 is 1.22 bits per heavy atom. The van der Waals surface area contributed by atoms with E-state index in [1.165, 1.54) is 36.5 Å². The van der Waals surface area contributed by atoms with Crippen molar-refractivity contribution in [2.45, 2.75) is 0 Å². The fraction of sp³-hybridized carbons (Fsp3) is 0. The minimum absolute atomic E-state index is 0.0166. The fourth-order valence-corrected chi connectivity index (χ4v) is 2.73. The number of anilines is 1. The van der Waals surface area contributed by atoms with Crippen LogP contribution in [0, 0.1) is 10.1 Å². The van der Waals surface area contributed by atoms with Crippen molar-refractivity contribution in [3.8, 4) is 22.8 Å². The van der Waals surface area contributed by atoms with Crippen LogP contribution in [0.5, 0.6) is 5.75 Å². The number of hydrogen-bond donors (Lipinski definition) is 3. The minimum atomic E-state index is -0.744. The summed E-state index contributed by atoms with van der Waals surface area (Å²) in [6, 6.07) is 11.8. The van der Waals surface area contributed by atoms with Gasteiger partial charge in [-0.15, -0.1) is 5.10 Å². The van der Waals surface area contributed by atoms with Gasteiger partial charge in [0.1, 0.15) is 11.4 Å². The number of hydrazone groups is 1. The van der Waals surface area contributed by atoms with Crippen LogP contribution in [0.4, 0.5) is 11.5 Å². The Balaban J connectivity index is 1.71. The van der Waals surface area contributed by atoms with Crippen molar-refractivity contribution in [3.05, 3.63) is 69.9 Å². The van der Waals surface area contributed by atoms with Crippen LogP contribution in [-0.4, -0.2) is 47.5 Å². The number of nitrogens with zero attached hydrogens (tertiary/aromatic N) is 7. The zero-order chi connectivity index (χ0) is 22.7. The largest absolute Gasteiger partial charge is 0.507 e. The second-order valence-corrected chi connectivity index (χ2v) is 6.23. The van der Waals surface area contributed by atoms with E-state index >= 15 is 0 Å². The summed E-state index contributed by atoms with van der Waals surface area (Å²) >= 11 is 0. The summed E-state index contributed by atoms with van der Waals surface area (Å²) in [7, 11) is 0. The van der Waals surface area contributed by atoms with Crippen molar-refractivity contribution < 1.29 is 19.5 Å². The molecule has 0 bridgehead atoms. The normalized spacial score (nSPS) is 11.0. The number of non-ortho nitro benzene ring substituents is 1. The van der Waals surface area contributed by atoms with Gasteiger partial charge in [0.2, 0.25) is 11.6 Å². The van der Waals surface area contributed by atoms with Crippen LogP contribution in [0.1, 0.15) is 16.1 Å². The molecule has 0 aliphatic carbocycles. The van der Waals surface area contributed by atoms with Crippen molar-refractivity contribution in [1.29, 1.82) is 0 Å². The third kappa shape index (κ3) is 3.82. The Labute approximate surface area is 178 Å². The zero-order valence-electron chi connectivity index (χ0n) is 16.0. The molecule has 2 aromatic carbocycles. The smallest absolute Gasteiger partial charge is 0.294 e. The number of nitrogens with one attached hydrogen (secondary N) is 1. The lowest BCUT2D eigenvalue weighted by molar-refractivity contribution is -0.384. The van der Waals surface area contributed by atoms with Crippen molar-refractivity contribution in [2.24, 2.45) is 5.10 Å². The lowest BCUT2D eigenvalue weighted by Gasteiger charge is -2.05. The Hall–Kier alpha value is -5.14. The average molecular weight is 435 g/mol. The average Bonchev–Trinajstić information content (AvgIpc) is 3.41. The quantitative estimate of drug-likeness (QED) is 0.225. The number of phenolic OH excluding ortho intramolecular Hbond substituents is 1. The Morgan fingerprint density at radius 3 is 2.62 bits per heavy atom. The monoisotopic (exact) mass is 435 g/mol. The molecule has 2 aromatic heterocycles. The summed E-state index contributed by atoms with van der Waals surface area (Å²) in [6.07, 6.45) is 1.25. The van der Waals surface area contributed by atoms with Crippen molar-refractivity contribution in [2.75, 3.05) is 5.73 Å². The number of para-hydroxylation sites is 1. The maximum absolute atomic E-state index is 12.8. The lowest BCUT2D eigenvalue weighted by Crippen LogP contribution is -2.19. The number of benzene rings is 2. The van der Waals surface area contributed by atoms with Gasteiger partial charge in [-0.3, -0.25) is 14.9 Å². The standard InChI is InChI=1S/C18H13N9O5/c19-16-17(24-32-23-16)26-15(10-5-7-12(8-6-10)27(30)31)14(21-25-26)18(29)22-20-9-11-3-1-2-4-13(11)28/h1-9,28H,(H2,19,23)(H,22,29)/b20-9+. The highest BCUT2D eigenvalue weighted by atomic mass is 16.6. The number of carbonyl (C=O) groups is 1. The van der Waals surface area contributed by atoms with Crippen LogP contribution < -0.4 is 11.2 Å². The SMILES string of the molecule is Nc1nonc1-n1nnc(C(=O)N/N=C/c2ccccc2O)c1-c1ccc([N+](=O)[O-])cc1. The van der Waals surface area contributed by atoms with Crippen LogP contribution in [0.3, 0.4) is 0 Å². The van der Waals surface area contributed by atoms with Gasteiger partial charge in [-0.1, -0.05) is 17.3 Å². The molecule has 0 radical (unpaired) electrons. The van der Waals surface area contributed by atoms with E-state index in [0.29, 0.717) is 11.1 Å². The van der Waals surface area contributed by atoms with Crippen molar-refractivity contribution >= 4 is 23.6 Å². The number of nitrogens with two attached hydrogens (primary N) is 1. The number of rotatable bonds is 6. The molecule has 0 atom stereocenters. The van der Waals surface area contributed by atoms with E-state index in [9.17, 15) is 20.0 Å². The van der Waals surface area contributed by atoms with E-state index in [2.05, 4.69) is 35.8 Å². The maximum atomic E-state index is 12.8. The van der Waals surface area contributed by atoms with Crippen LogP contribution in [0.15, 0.2) is 58.3 Å². The van der Waals surface area contributed by atoms with Crippen molar-refractivity contribution in [1.82, 2.24) is 30.7 Å². The summed E-state index contributed by atoms with van der Waals surface area (Å²) in [4.78, 5) is 23.2. The van der Waals surface area contributed by atoms with Gasteiger partial charge in [-0.05, 0) is 34.6 Å². The Kier molecular flexibility index (Phi) is 5.23. The zero-order valence-corrected chi connectivity index (χ0v) is 16.0. The molecule has 0 unspecified atom stereocenters. The predicted octanol–water partition coefficient (Wildman–Crippen LogP) is 1.28. The minimum Gasteiger partial charge on any atom is -0.507 e. The van der Waals surface area contributed by atoms with Crippen LogP contribution in [-0.2, 0) is 0 Å². The molecule has 4 rings (SSSR count). The van der Waals surface area contributed by atoms with Crippen molar-refractivity contribution in [3.63, 3.8) is 0 Å². The van der Waals surface area contributed by atoms with Gasteiger partial charge in [0.05, 0.1) is 11.1 Å². The number of phenols is 1. The molecule has 2 heterocycles. The molecular weight excluding hydrogens is 422 g/mol. The van der Waals surface area contributed by atoms with Gasteiger partial charge in [-0.2, -0.15) is 9.78 Å². The van der Waals surface area contributed by atoms with Crippen LogP contribution >= 0.6 is 0 Å². The Morgan fingerprint density at radius 2 is 1.97 bits per heavy atom. The van der Waals surface area contributed by atoms with Gasteiger partial charge >= 0.3 is 0 Å². The van der Waals surface area contributed by atoms with E-state index in [1.807, 2.05) is 0 Å². The molecule has 4 aromatic rings. The van der Waals surface area contributed by atoms with Crippen LogP contribution in [0.25, 0.3) is 17.1 Å². The number of hydrogen-bond acceptors (Lipinski definition) is 11. The molecule has 0 fully saturated rings. The molecule has 14 heteroatoms. The van der Waals surface area contributed by atoms with Gasteiger partial charge < -0.3 is 10.8 Å². The molecular formula is C18H13N9O5. The molecule has 4 N–H and O–H groups in total. The fourth-order valence-electron chi connectivity index (χ4n) is 2.73. The molecule has 0 aliphatic heterocycles. The second-order valence-electron chi connectivity index (χ2n) is 6.23. The predicted molar refractivity (Wildman–Crippen MR) is 109 cm³/mol. The first-order chi connectivity index (χ1) is 15.5. The van der Waals surface area contributed by atoms with E-state index in [-0.39, 0.29) is 34.5 Å². The van der Waals surface area contributed by atoms with E-state index in [1.54, 1.807) is 18.2 Å². The molecule has 14 nitrogen and oxygen atoms in total. The highest BCUT2D eigenvalue weighted by Crippen LogP contribution is 2.28. The van der Waals surface area contributed by atoms with Crippen LogP contribution in [0.2, 0.25) is 0 Å². The number of aromatic nitrogens is 5. The summed E-state index contributed by atoms with van der Waals surface area (Å²) < 4.78 is 5.70. The van der Waals surface area contributed by atoms with E-state index in [4.69, 9.17) is 5.73 Å². The molecule has 1 amide bonds. The molecule has 0 aliphatic rings. The summed E-state index contributed by atoms with van der Waals surface area (Å²) in [5.41, 5.74) is 8.58. The number of carbonyl (C=O) groups excluding carboxylic acids is 1.